The zero-order valence-electron chi connectivity index (χ0n) is 16.9. The fourth-order valence-electron chi connectivity index (χ4n) is 2.08. The Bertz CT molecular complexity index is 606. The van der Waals surface area contributed by atoms with E-state index in [4.69, 9.17) is 9.16 Å². The summed E-state index contributed by atoms with van der Waals surface area (Å²) in [7, 11) is -0.278. The van der Waals surface area contributed by atoms with Crippen LogP contribution in [0.2, 0.25) is 18.1 Å². The van der Waals surface area contributed by atoms with Gasteiger partial charge in [-0.05, 0) is 49.2 Å². The minimum absolute atomic E-state index is 0.124. The first-order chi connectivity index (χ1) is 11.6. The standard InChI is InChI=1S/C21H34O3Si/c1-8-9-10-11-18(22)14-12-17-13-15-19(20(16-17)23-5)24-25(6,7)21(2,3)4/h13,15-16,18,22H,8-11H2,1-7H3/t18-/m1/s1. The summed E-state index contributed by atoms with van der Waals surface area (Å²) in [6, 6.07) is 5.73. The largest absolute Gasteiger partial charge is 0.541 e. The van der Waals surface area contributed by atoms with E-state index >= 15 is 0 Å². The van der Waals surface area contributed by atoms with Crippen LogP contribution in [0.1, 0.15) is 58.9 Å². The summed E-state index contributed by atoms with van der Waals surface area (Å²) < 4.78 is 11.8. The molecule has 0 amide bonds. The molecule has 0 spiro atoms. The van der Waals surface area contributed by atoms with E-state index in [1.807, 2.05) is 18.2 Å². The Hall–Kier alpha value is -1.44. The first kappa shape index (κ1) is 21.6. The molecule has 1 rings (SSSR count). The van der Waals surface area contributed by atoms with Crippen LogP contribution in [0.25, 0.3) is 0 Å². The topological polar surface area (TPSA) is 38.7 Å². The molecule has 1 N–H and O–H groups in total. The number of hydrogen-bond acceptors (Lipinski definition) is 3. The van der Waals surface area contributed by atoms with Gasteiger partial charge in [-0.15, -0.1) is 0 Å². The number of aliphatic hydroxyl groups excluding tert-OH is 1. The molecule has 0 heterocycles. The Balaban J connectivity index is 2.89. The predicted molar refractivity (Wildman–Crippen MR) is 108 cm³/mol. The average molecular weight is 363 g/mol. The summed E-state index contributed by atoms with van der Waals surface area (Å²) in [6.45, 7) is 13.2. The van der Waals surface area contributed by atoms with Crippen LogP contribution < -0.4 is 9.16 Å². The highest BCUT2D eigenvalue weighted by atomic mass is 28.4. The summed E-state index contributed by atoms with van der Waals surface area (Å²) in [5.74, 6) is 7.42. The van der Waals surface area contributed by atoms with Gasteiger partial charge in [0.15, 0.2) is 5.75 Å². The Kier molecular flexibility index (Phi) is 8.04. The smallest absolute Gasteiger partial charge is 0.250 e. The SMILES string of the molecule is CCCCC[C@@H](O)C#Cc1ccc(O[Si](C)(C)C(C)(C)C)c(OC)c1. The van der Waals surface area contributed by atoms with Gasteiger partial charge >= 0.3 is 0 Å². The Morgan fingerprint density at radius 2 is 1.84 bits per heavy atom. The van der Waals surface area contributed by atoms with Crippen molar-refractivity contribution in [2.75, 3.05) is 7.11 Å². The van der Waals surface area contributed by atoms with Crippen molar-refractivity contribution in [1.29, 1.82) is 0 Å². The van der Waals surface area contributed by atoms with E-state index in [0.717, 1.165) is 37.0 Å². The molecule has 140 valence electrons. The Morgan fingerprint density at radius 3 is 2.40 bits per heavy atom. The van der Waals surface area contributed by atoms with Crippen molar-refractivity contribution in [1.82, 2.24) is 0 Å². The molecule has 4 heteroatoms. The fraction of sp³-hybridized carbons (Fsp3) is 0.619. The number of hydrogen-bond donors (Lipinski definition) is 1. The number of rotatable bonds is 7. The number of methoxy groups -OCH3 is 1. The highest BCUT2D eigenvalue weighted by molar-refractivity contribution is 6.74. The van der Waals surface area contributed by atoms with Gasteiger partial charge in [-0.25, -0.2) is 0 Å². The third-order valence-electron chi connectivity index (χ3n) is 4.80. The van der Waals surface area contributed by atoms with E-state index in [0.29, 0.717) is 5.75 Å². The second-order valence-electron chi connectivity index (χ2n) is 8.01. The third kappa shape index (κ3) is 6.76. The van der Waals surface area contributed by atoms with Crippen LogP contribution in [0.3, 0.4) is 0 Å². The summed E-state index contributed by atoms with van der Waals surface area (Å²) in [6.07, 6.45) is 3.44. The van der Waals surface area contributed by atoms with Crippen molar-refractivity contribution in [3.8, 4) is 23.3 Å². The second kappa shape index (κ2) is 9.31. The normalized spacial score (nSPS) is 13.0. The summed E-state index contributed by atoms with van der Waals surface area (Å²) in [4.78, 5) is 0. The molecule has 0 radical (unpaired) electrons. The van der Waals surface area contributed by atoms with E-state index in [-0.39, 0.29) is 5.04 Å². The van der Waals surface area contributed by atoms with E-state index in [1.54, 1.807) is 7.11 Å². The lowest BCUT2D eigenvalue weighted by Gasteiger charge is -2.36. The van der Waals surface area contributed by atoms with Crippen LogP contribution in [0.4, 0.5) is 0 Å². The van der Waals surface area contributed by atoms with Crippen molar-refractivity contribution in [2.24, 2.45) is 0 Å². The summed E-state index contributed by atoms with van der Waals surface area (Å²) in [5, 5.41) is 10.1. The molecule has 1 aromatic carbocycles. The van der Waals surface area contributed by atoms with Crippen molar-refractivity contribution >= 4 is 8.32 Å². The first-order valence-electron chi connectivity index (χ1n) is 9.17. The first-order valence-corrected chi connectivity index (χ1v) is 12.1. The van der Waals surface area contributed by atoms with Crippen molar-refractivity contribution < 1.29 is 14.3 Å². The van der Waals surface area contributed by atoms with Crippen LogP contribution >= 0.6 is 0 Å². The zero-order valence-corrected chi connectivity index (χ0v) is 17.9. The van der Waals surface area contributed by atoms with Crippen LogP contribution in [-0.2, 0) is 0 Å². The van der Waals surface area contributed by atoms with Crippen LogP contribution in [0, 0.1) is 11.8 Å². The second-order valence-corrected chi connectivity index (χ2v) is 12.7. The van der Waals surface area contributed by atoms with Gasteiger partial charge < -0.3 is 14.3 Å². The molecule has 0 aliphatic rings. The molecular formula is C21H34O3Si. The minimum atomic E-state index is -1.92. The highest BCUT2D eigenvalue weighted by Crippen LogP contribution is 2.40. The molecule has 0 saturated heterocycles. The molecule has 0 unspecified atom stereocenters. The van der Waals surface area contributed by atoms with E-state index < -0.39 is 14.4 Å². The van der Waals surface area contributed by atoms with Gasteiger partial charge in [-0.1, -0.05) is 52.4 Å². The number of unbranched alkanes of at least 4 members (excludes halogenated alkanes) is 2. The maximum Gasteiger partial charge on any atom is 0.250 e. The Labute approximate surface area is 154 Å². The Morgan fingerprint density at radius 1 is 1.16 bits per heavy atom. The highest BCUT2D eigenvalue weighted by Gasteiger charge is 2.39. The predicted octanol–water partition coefficient (Wildman–Crippen LogP) is 5.37. The van der Waals surface area contributed by atoms with Gasteiger partial charge in [0.2, 0.25) is 0 Å². The van der Waals surface area contributed by atoms with Crippen molar-refractivity contribution in [3.63, 3.8) is 0 Å². The van der Waals surface area contributed by atoms with Crippen LogP contribution in [-0.4, -0.2) is 26.6 Å². The van der Waals surface area contributed by atoms with Gasteiger partial charge in [-0.3, -0.25) is 0 Å². The van der Waals surface area contributed by atoms with Crippen molar-refractivity contribution in [2.45, 2.75) is 77.6 Å². The number of benzene rings is 1. The lowest BCUT2D eigenvalue weighted by Crippen LogP contribution is -2.43. The van der Waals surface area contributed by atoms with Gasteiger partial charge in [0.05, 0.1) is 7.11 Å². The summed E-state index contributed by atoms with van der Waals surface area (Å²) in [5.41, 5.74) is 0.828. The van der Waals surface area contributed by atoms with Crippen LogP contribution in [0.15, 0.2) is 18.2 Å². The number of aliphatic hydroxyl groups is 1. The van der Waals surface area contributed by atoms with E-state index in [2.05, 4.69) is 52.6 Å². The molecule has 25 heavy (non-hydrogen) atoms. The molecule has 0 saturated carbocycles. The molecule has 0 aromatic heterocycles. The molecule has 0 fully saturated rings. The maximum absolute atomic E-state index is 9.94. The van der Waals surface area contributed by atoms with Gasteiger partial charge in [0.1, 0.15) is 11.9 Å². The monoisotopic (exact) mass is 362 g/mol. The van der Waals surface area contributed by atoms with E-state index in [1.165, 1.54) is 0 Å². The van der Waals surface area contributed by atoms with Crippen LogP contribution in [0.5, 0.6) is 11.5 Å². The van der Waals surface area contributed by atoms with Gasteiger partial charge in [0.25, 0.3) is 8.32 Å². The molecular weight excluding hydrogens is 328 g/mol. The average Bonchev–Trinajstić information content (AvgIpc) is 2.52. The third-order valence-corrected chi connectivity index (χ3v) is 9.14. The number of ether oxygens (including phenoxy) is 1. The molecule has 0 aliphatic carbocycles. The fourth-order valence-corrected chi connectivity index (χ4v) is 3.11. The molecule has 0 bridgehead atoms. The maximum atomic E-state index is 9.94. The van der Waals surface area contributed by atoms with Gasteiger partial charge in [-0.2, -0.15) is 0 Å². The van der Waals surface area contributed by atoms with Gasteiger partial charge in [0, 0.05) is 5.56 Å². The summed E-state index contributed by atoms with van der Waals surface area (Å²) >= 11 is 0. The molecule has 3 nitrogen and oxygen atoms in total. The van der Waals surface area contributed by atoms with E-state index in [9.17, 15) is 5.11 Å². The lowest BCUT2D eigenvalue weighted by atomic mass is 10.1. The molecule has 1 aromatic rings. The zero-order chi connectivity index (χ0) is 19.1. The van der Waals surface area contributed by atoms with Crippen molar-refractivity contribution in [3.05, 3.63) is 23.8 Å². The minimum Gasteiger partial charge on any atom is -0.541 e. The quantitative estimate of drug-likeness (QED) is 0.402. The molecule has 1 atom stereocenters. The lowest BCUT2D eigenvalue weighted by molar-refractivity contribution is 0.217. The molecule has 0 aliphatic heterocycles.